The van der Waals surface area contributed by atoms with Crippen molar-refractivity contribution in [2.45, 2.75) is 26.7 Å². The highest BCUT2D eigenvalue weighted by atomic mass is 16.1. The lowest BCUT2D eigenvalue weighted by molar-refractivity contribution is 0.795. The summed E-state index contributed by atoms with van der Waals surface area (Å²) in [5, 5.41) is 0. The van der Waals surface area contributed by atoms with Gasteiger partial charge in [-0.1, -0.05) is 13.8 Å². The Bertz CT molecular complexity index is 301. The zero-order valence-corrected chi connectivity index (χ0v) is 7.01. The van der Waals surface area contributed by atoms with E-state index in [-0.39, 0.29) is 5.69 Å². The van der Waals surface area contributed by atoms with Crippen molar-refractivity contribution in [3.8, 4) is 0 Å². The molecule has 0 aliphatic heterocycles. The van der Waals surface area contributed by atoms with Crippen molar-refractivity contribution in [2.24, 2.45) is 0 Å². The molecule has 3 nitrogen and oxygen atoms in total. The lowest BCUT2D eigenvalue weighted by Crippen LogP contribution is -2.14. The Labute approximate surface area is 65.5 Å². The summed E-state index contributed by atoms with van der Waals surface area (Å²) in [5.74, 6) is 0.316. The first-order chi connectivity index (χ1) is 5.09. The number of aromatic nitrogens is 2. The zero-order valence-electron chi connectivity index (χ0n) is 7.01. The second-order valence-corrected chi connectivity index (χ2v) is 2.95. The van der Waals surface area contributed by atoms with E-state index in [0.29, 0.717) is 5.92 Å². The van der Waals surface area contributed by atoms with Gasteiger partial charge in [-0.25, -0.2) is 4.79 Å². The average molecular weight is 152 g/mol. The van der Waals surface area contributed by atoms with Crippen LogP contribution in [0.4, 0.5) is 0 Å². The molecule has 1 N–H and O–H groups in total. The van der Waals surface area contributed by atoms with Gasteiger partial charge in [0.15, 0.2) is 0 Å². The summed E-state index contributed by atoms with van der Waals surface area (Å²) >= 11 is 0. The van der Waals surface area contributed by atoms with Gasteiger partial charge >= 0.3 is 5.69 Å². The molecule has 0 unspecified atom stereocenters. The van der Waals surface area contributed by atoms with Crippen LogP contribution in [0, 0.1) is 6.92 Å². The van der Waals surface area contributed by atoms with Gasteiger partial charge in [-0.3, -0.25) is 0 Å². The molecule has 11 heavy (non-hydrogen) atoms. The van der Waals surface area contributed by atoms with Gasteiger partial charge in [-0.2, -0.15) is 4.98 Å². The first kappa shape index (κ1) is 7.98. The molecular weight excluding hydrogens is 140 g/mol. The van der Waals surface area contributed by atoms with Crippen molar-refractivity contribution in [2.75, 3.05) is 0 Å². The van der Waals surface area contributed by atoms with E-state index in [1.54, 1.807) is 0 Å². The minimum atomic E-state index is -0.256. The van der Waals surface area contributed by atoms with Gasteiger partial charge in [0.1, 0.15) is 0 Å². The van der Waals surface area contributed by atoms with Crippen LogP contribution in [0.5, 0.6) is 0 Å². The minimum absolute atomic E-state index is 0.256. The normalized spacial score (nSPS) is 10.5. The molecule has 0 fully saturated rings. The highest BCUT2D eigenvalue weighted by Gasteiger charge is 2.01. The second kappa shape index (κ2) is 2.86. The molecule has 0 aliphatic rings. The fourth-order valence-corrected chi connectivity index (χ4v) is 0.900. The van der Waals surface area contributed by atoms with Crippen LogP contribution in [-0.4, -0.2) is 9.97 Å². The Kier molecular flexibility index (Phi) is 2.08. The fourth-order valence-electron chi connectivity index (χ4n) is 0.900. The number of nitrogens with zero attached hydrogens (tertiary/aromatic N) is 1. The Morgan fingerprint density at radius 2 is 2.18 bits per heavy atom. The third kappa shape index (κ3) is 1.90. The lowest BCUT2D eigenvalue weighted by Gasteiger charge is -2.02. The molecule has 0 aromatic carbocycles. The van der Waals surface area contributed by atoms with Crippen LogP contribution in [0.1, 0.15) is 31.2 Å². The second-order valence-electron chi connectivity index (χ2n) is 2.95. The largest absolute Gasteiger partial charge is 0.345 e. The van der Waals surface area contributed by atoms with Crippen LogP contribution in [0.25, 0.3) is 0 Å². The molecule has 0 bridgehead atoms. The lowest BCUT2D eigenvalue weighted by atomic mass is 10.1. The van der Waals surface area contributed by atoms with E-state index in [1.807, 2.05) is 26.8 Å². The summed E-state index contributed by atoms with van der Waals surface area (Å²) in [4.78, 5) is 17.3. The van der Waals surface area contributed by atoms with Crippen molar-refractivity contribution in [3.05, 3.63) is 27.9 Å². The van der Waals surface area contributed by atoms with Crippen LogP contribution >= 0.6 is 0 Å². The van der Waals surface area contributed by atoms with Crippen LogP contribution in [0.3, 0.4) is 0 Å². The summed E-state index contributed by atoms with van der Waals surface area (Å²) in [7, 11) is 0. The molecule has 60 valence electrons. The quantitative estimate of drug-likeness (QED) is 0.657. The number of aromatic amines is 1. The molecular formula is C8H12N2O. The van der Waals surface area contributed by atoms with Crippen molar-refractivity contribution in [1.82, 2.24) is 9.97 Å². The number of H-pyrrole nitrogens is 1. The van der Waals surface area contributed by atoms with Crippen LogP contribution in [0.2, 0.25) is 0 Å². The summed E-state index contributed by atoms with van der Waals surface area (Å²) in [6.45, 7) is 5.89. The Morgan fingerprint density at radius 1 is 1.55 bits per heavy atom. The molecule has 0 amide bonds. The number of aryl methyl sites for hydroxylation is 1. The van der Waals surface area contributed by atoms with Gasteiger partial charge in [0, 0.05) is 5.69 Å². The van der Waals surface area contributed by atoms with E-state index in [9.17, 15) is 4.79 Å². The van der Waals surface area contributed by atoms with Crippen LogP contribution < -0.4 is 5.69 Å². The highest BCUT2D eigenvalue weighted by Crippen LogP contribution is 2.08. The number of hydrogen-bond donors (Lipinski definition) is 1. The molecule has 0 saturated heterocycles. The maximum atomic E-state index is 10.8. The van der Waals surface area contributed by atoms with Crippen molar-refractivity contribution in [1.29, 1.82) is 0 Å². The Balaban J connectivity index is 3.19. The third-order valence-electron chi connectivity index (χ3n) is 1.49. The summed E-state index contributed by atoms with van der Waals surface area (Å²) < 4.78 is 0. The number of nitrogens with one attached hydrogen (secondary N) is 1. The topological polar surface area (TPSA) is 45.8 Å². The van der Waals surface area contributed by atoms with Crippen molar-refractivity contribution >= 4 is 0 Å². The highest BCUT2D eigenvalue weighted by molar-refractivity contribution is 5.09. The molecule has 0 aliphatic carbocycles. The molecule has 0 saturated carbocycles. The monoisotopic (exact) mass is 152 g/mol. The summed E-state index contributed by atoms with van der Waals surface area (Å²) in [6, 6.07) is 1.89. The first-order valence-electron chi connectivity index (χ1n) is 3.67. The molecule has 0 radical (unpaired) electrons. The van der Waals surface area contributed by atoms with Crippen LogP contribution in [0.15, 0.2) is 10.9 Å². The van der Waals surface area contributed by atoms with Crippen molar-refractivity contribution < 1.29 is 0 Å². The van der Waals surface area contributed by atoms with E-state index in [4.69, 9.17) is 0 Å². The molecule has 1 aromatic rings. The number of hydrogen-bond acceptors (Lipinski definition) is 2. The fraction of sp³-hybridized carbons (Fsp3) is 0.500. The maximum absolute atomic E-state index is 10.8. The van der Waals surface area contributed by atoms with E-state index >= 15 is 0 Å². The van der Waals surface area contributed by atoms with E-state index in [2.05, 4.69) is 9.97 Å². The Hall–Kier alpha value is -1.12. The zero-order chi connectivity index (χ0) is 8.43. The van der Waals surface area contributed by atoms with Gasteiger partial charge in [0.25, 0.3) is 0 Å². The summed E-state index contributed by atoms with van der Waals surface area (Å²) in [6.07, 6.45) is 0. The van der Waals surface area contributed by atoms with E-state index in [1.165, 1.54) is 0 Å². The SMILES string of the molecule is Cc1cc(C(C)C)nc(=O)[nH]1. The predicted octanol–water partition coefficient (Wildman–Crippen LogP) is 1.20. The predicted molar refractivity (Wildman–Crippen MR) is 43.7 cm³/mol. The molecule has 3 heteroatoms. The summed E-state index contributed by atoms with van der Waals surface area (Å²) in [5.41, 5.74) is 1.47. The molecule has 1 heterocycles. The standard InChI is InChI=1S/C8H12N2O/c1-5(2)7-4-6(3)9-8(11)10-7/h4-5H,1-3H3,(H,9,10,11). The maximum Gasteiger partial charge on any atom is 0.345 e. The molecule has 0 atom stereocenters. The molecule has 1 rings (SSSR count). The number of rotatable bonds is 1. The van der Waals surface area contributed by atoms with Crippen molar-refractivity contribution in [3.63, 3.8) is 0 Å². The smallest absolute Gasteiger partial charge is 0.310 e. The average Bonchev–Trinajstić information content (AvgIpc) is 1.85. The van der Waals surface area contributed by atoms with Gasteiger partial charge in [0.2, 0.25) is 0 Å². The van der Waals surface area contributed by atoms with E-state index in [0.717, 1.165) is 11.4 Å². The van der Waals surface area contributed by atoms with E-state index < -0.39 is 0 Å². The van der Waals surface area contributed by atoms with Gasteiger partial charge < -0.3 is 4.98 Å². The van der Waals surface area contributed by atoms with Gasteiger partial charge in [0.05, 0.1) is 5.69 Å². The van der Waals surface area contributed by atoms with Gasteiger partial charge in [-0.05, 0) is 18.9 Å². The Morgan fingerprint density at radius 3 is 2.64 bits per heavy atom. The van der Waals surface area contributed by atoms with Crippen LogP contribution in [-0.2, 0) is 0 Å². The minimum Gasteiger partial charge on any atom is -0.310 e. The first-order valence-corrected chi connectivity index (χ1v) is 3.67. The molecule has 0 spiro atoms. The van der Waals surface area contributed by atoms with Gasteiger partial charge in [-0.15, -0.1) is 0 Å². The third-order valence-corrected chi connectivity index (χ3v) is 1.49. The molecule has 1 aromatic heterocycles.